The van der Waals surface area contributed by atoms with E-state index in [2.05, 4.69) is 16.3 Å². The van der Waals surface area contributed by atoms with Gasteiger partial charge < -0.3 is 4.42 Å². The molecule has 0 radical (unpaired) electrons. The molecule has 0 amide bonds. The predicted molar refractivity (Wildman–Crippen MR) is 110 cm³/mol. The van der Waals surface area contributed by atoms with Gasteiger partial charge in [-0.15, -0.1) is 21.5 Å². The van der Waals surface area contributed by atoms with E-state index < -0.39 is 0 Å². The summed E-state index contributed by atoms with van der Waals surface area (Å²) in [7, 11) is 0. The van der Waals surface area contributed by atoms with Crippen molar-refractivity contribution in [2.75, 3.05) is 0 Å². The molecule has 0 spiro atoms. The van der Waals surface area contributed by atoms with Crippen LogP contribution < -0.4 is 0 Å². The van der Waals surface area contributed by atoms with Crippen LogP contribution in [0, 0.1) is 18.3 Å². The maximum atomic E-state index is 9.49. The Bertz CT molecular complexity index is 1130. The summed E-state index contributed by atoms with van der Waals surface area (Å²) in [4.78, 5) is 0.754. The second-order valence-corrected chi connectivity index (χ2v) is 8.62. The molecule has 0 bridgehead atoms. The molecular formula is C20H14ClN3OS2. The fourth-order valence-electron chi connectivity index (χ4n) is 2.67. The zero-order chi connectivity index (χ0) is 18.8. The van der Waals surface area contributed by atoms with E-state index in [-0.39, 0.29) is 5.25 Å². The third-order valence-electron chi connectivity index (χ3n) is 4.06. The molecule has 0 aliphatic rings. The van der Waals surface area contributed by atoms with Gasteiger partial charge in [-0.3, -0.25) is 0 Å². The highest BCUT2D eigenvalue weighted by atomic mass is 35.5. The second kappa shape index (κ2) is 7.73. The summed E-state index contributed by atoms with van der Waals surface area (Å²) in [5.41, 5.74) is 2.30. The van der Waals surface area contributed by atoms with Crippen LogP contribution in [0.1, 0.15) is 11.1 Å². The lowest BCUT2D eigenvalue weighted by Crippen LogP contribution is -2.03. The van der Waals surface area contributed by atoms with Gasteiger partial charge in [-0.05, 0) is 36.7 Å². The van der Waals surface area contributed by atoms with Gasteiger partial charge in [0.2, 0.25) is 0 Å². The number of hydrogen-bond donors (Lipinski definition) is 0. The number of benzene rings is 2. The molecule has 27 heavy (non-hydrogen) atoms. The Morgan fingerprint density at radius 3 is 2.70 bits per heavy atom. The lowest BCUT2D eigenvalue weighted by Gasteiger charge is -2.06. The molecule has 1 atom stereocenters. The summed E-state index contributed by atoms with van der Waals surface area (Å²) in [5.74, 6) is 0.385. The Labute approximate surface area is 169 Å². The fourth-order valence-corrected chi connectivity index (χ4v) is 4.89. The Balaban J connectivity index is 1.53. The monoisotopic (exact) mass is 411 g/mol. The van der Waals surface area contributed by atoms with Crippen molar-refractivity contribution in [3.05, 3.63) is 64.7 Å². The van der Waals surface area contributed by atoms with Crippen LogP contribution in [0.3, 0.4) is 0 Å². The van der Waals surface area contributed by atoms with Crippen LogP contribution in [0.15, 0.2) is 58.2 Å². The number of thioether (sulfide) groups is 1. The first-order valence-corrected chi connectivity index (χ1v) is 10.3. The van der Waals surface area contributed by atoms with Gasteiger partial charge in [0.25, 0.3) is 11.1 Å². The average Bonchev–Trinajstić information content (AvgIpc) is 3.28. The van der Waals surface area contributed by atoms with Crippen LogP contribution >= 0.6 is 34.7 Å². The van der Waals surface area contributed by atoms with Crippen molar-refractivity contribution < 1.29 is 4.42 Å². The number of rotatable bonds is 5. The van der Waals surface area contributed by atoms with Gasteiger partial charge in [-0.25, -0.2) is 0 Å². The van der Waals surface area contributed by atoms with E-state index in [1.807, 2.05) is 55.5 Å². The Kier molecular flexibility index (Phi) is 5.17. The van der Waals surface area contributed by atoms with Crippen molar-refractivity contribution in [2.24, 2.45) is 0 Å². The van der Waals surface area contributed by atoms with Crippen molar-refractivity contribution in [2.45, 2.75) is 23.8 Å². The summed E-state index contributed by atoms with van der Waals surface area (Å²) in [6.45, 7) is 2.04. The van der Waals surface area contributed by atoms with Crippen LogP contribution in [0.25, 0.3) is 20.9 Å². The molecule has 7 heteroatoms. The number of thiophene rings is 1. The molecule has 2 heterocycles. The van der Waals surface area contributed by atoms with Gasteiger partial charge in [0, 0.05) is 10.1 Å². The predicted octanol–water partition coefficient (Wildman–Crippen LogP) is 6.14. The highest BCUT2D eigenvalue weighted by Gasteiger charge is 2.20. The summed E-state index contributed by atoms with van der Waals surface area (Å²) >= 11 is 9.27. The highest BCUT2D eigenvalue weighted by Crippen LogP contribution is 2.42. The first-order chi connectivity index (χ1) is 13.1. The molecule has 0 aliphatic carbocycles. The molecule has 0 saturated carbocycles. The zero-order valence-electron chi connectivity index (χ0n) is 14.3. The molecule has 134 valence electrons. The second-order valence-electron chi connectivity index (χ2n) is 6.04. The maximum absolute atomic E-state index is 9.49. The minimum Gasteiger partial charge on any atom is -0.410 e. The van der Waals surface area contributed by atoms with E-state index >= 15 is 0 Å². The Morgan fingerprint density at radius 2 is 1.96 bits per heavy atom. The minimum atomic E-state index is -0.307. The fraction of sp³-hybridized carbons (Fsp3) is 0.150. The molecule has 4 rings (SSSR count). The third-order valence-corrected chi connectivity index (χ3v) is 6.65. The molecule has 0 N–H and O–H groups in total. The summed E-state index contributed by atoms with van der Waals surface area (Å²) in [6.07, 6.45) is 0.614. The van der Waals surface area contributed by atoms with E-state index in [1.165, 1.54) is 28.7 Å². The van der Waals surface area contributed by atoms with Crippen LogP contribution in [0.2, 0.25) is 5.02 Å². The minimum absolute atomic E-state index is 0.307. The van der Waals surface area contributed by atoms with Crippen LogP contribution in [-0.2, 0) is 6.42 Å². The summed E-state index contributed by atoms with van der Waals surface area (Å²) < 4.78 is 6.85. The number of hydrogen-bond acceptors (Lipinski definition) is 6. The highest BCUT2D eigenvalue weighted by molar-refractivity contribution is 7.99. The SMILES string of the molecule is Cc1ccc(CC(C#N)Sc2nnc(-c3sc4ccccc4c3Cl)o2)cc1. The number of nitriles is 1. The lowest BCUT2D eigenvalue weighted by molar-refractivity contribution is 0.466. The van der Waals surface area contributed by atoms with E-state index in [9.17, 15) is 5.26 Å². The summed E-state index contributed by atoms with van der Waals surface area (Å²) in [6, 6.07) is 18.4. The van der Waals surface area contributed by atoms with Crippen molar-refractivity contribution in [3.63, 3.8) is 0 Å². The third kappa shape index (κ3) is 3.86. The zero-order valence-corrected chi connectivity index (χ0v) is 16.7. The molecule has 2 aromatic carbocycles. The van der Waals surface area contributed by atoms with Gasteiger partial charge in [0.1, 0.15) is 10.1 Å². The molecule has 0 aliphatic heterocycles. The van der Waals surface area contributed by atoms with Crippen molar-refractivity contribution in [3.8, 4) is 16.8 Å². The topological polar surface area (TPSA) is 62.7 Å². The van der Waals surface area contributed by atoms with E-state index in [4.69, 9.17) is 16.0 Å². The molecule has 4 nitrogen and oxygen atoms in total. The average molecular weight is 412 g/mol. The van der Waals surface area contributed by atoms with Crippen molar-refractivity contribution >= 4 is 44.8 Å². The first-order valence-electron chi connectivity index (χ1n) is 8.27. The van der Waals surface area contributed by atoms with Crippen LogP contribution in [0.4, 0.5) is 0 Å². The Hall–Kier alpha value is -2.33. The van der Waals surface area contributed by atoms with Crippen molar-refractivity contribution in [1.82, 2.24) is 10.2 Å². The van der Waals surface area contributed by atoms with Gasteiger partial charge in [0.15, 0.2) is 0 Å². The molecule has 2 aromatic heterocycles. The normalized spacial score (nSPS) is 12.2. The Morgan fingerprint density at radius 1 is 1.19 bits per heavy atom. The summed E-state index contributed by atoms with van der Waals surface area (Å²) in [5, 5.41) is 19.4. The van der Waals surface area contributed by atoms with Gasteiger partial charge in [-0.2, -0.15) is 5.26 Å². The number of fused-ring (bicyclic) bond motifs is 1. The van der Waals surface area contributed by atoms with E-state index in [1.54, 1.807) is 0 Å². The maximum Gasteiger partial charge on any atom is 0.278 e. The van der Waals surface area contributed by atoms with Gasteiger partial charge in [0.05, 0.1) is 11.1 Å². The smallest absolute Gasteiger partial charge is 0.278 e. The standard InChI is InChI=1S/C20H14ClN3OS2/c1-12-6-8-13(9-7-12)10-14(11-22)26-20-24-23-19(25-20)18-17(21)15-4-2-3-5-16(15)27-18/h2-9,14H,10H2,1H3. The molecular weight excluding hydrogens is 398 g/mol. The molecule has 0 saturated heterocycles. The van der Waals surface area contributed by atoms with E-state index in [0.29, 0.717) is 22.6 Å². The quantitative estimate of drug-likeness (QED) is 0.369. The van der Waals surface area contributed by atoms with Gasteiger partial charge >= 0.3 is 0 Å². The number of aromatic nitrogens is 2. The lowest BCUT2D eigenvalue weighted by atomic mass is 10.1. The van der Waals surface area contributed by atoms with Gasteiger partial charge in [-0.1, -0.05) is 59.6 Å². The number of aryl methyl sites for hydroxylation is 1. The molecule has 1 unspecified atom stereocenters. The van der Waals surface area contributed by atoms with Crippen molar-refractivity contribution in [1.29, 1.82) is 5.26 Å². The first kappa shape index (κ1) is 18.1. The van der Waals surface area contributed by atoms with E-state index in [0.717, 1.165) is 20.5 Å². The number of nitrogens with zero attached hydrogens (tertiary/aromatic N) is 3. The largest absolute Gasteiger partial charge is 0.410 e. The van der Waals surface area contributed by atoms with Crippen LogP contribution in [0.5, 0.6) is 0 Å². The molecule has 4 aromatic rings. The number of halogens is 1. The van der Waals surface area contributed by atoms with Crippen LogP contribution in [-0.4, -0.2) is 15.4 Å². The molecule has 0 fully saturated rings.